The van der Waals surface area contributed by atoms with Crippen LogP contribution in [0, 0.1) is 6.92 Å². The number of aliphatic hydroxyl groups is 1. The van der Waals surface area contributed by atoms with Crippen LogP contribution >= 0.6 is 11.6 Å². The van der Waals surface area contributed by atoms with Crippen molar-refractivity contribution >= 4 is 11.6 Å². The first kappa shape index (κ1) is 14.3. The number of benzene rings is 1. The van der Waals surface area contributed by atoms with Crippen molar-refractivity contribution in [2.75, 3.05) is 13.7 Å². The standard InChI is InChI=1S/C13H20ClNO2/c1-9-5-12(17-4)11(14)6-10(9)7-15-13(2,3)8-16/h5-6,15-16H,7-8H2,1-4H3. The summed E-state index contributed by atoms with van der Waals surface area (Å²) in [6.45, 7) is 6.68. The summed E-state index contributed by atoms with van der Waals surface area (Å²) in [4.78, 5) is 0. The van der Waals surface area contributed by atoms with Crippen molar-refractivity contribution in [2.24, 2.45) is 0 Å². The SMILES string of the molecule is COc1cc(C)c(CNC(C)(C)CO)cc1Cl. The molecule has 0 bridgehead atoms. The van der Waals surface area contributed by atoms with Crippen molar-refractivity contribution in [3.05, 3.63) is 28.3 Å². The molecule has 0 atom stereocenters. The molecule has 0 unspecified atom stereocenters. The summed E-state index contributed by atoms with van der Waals surface area (Å²) < 4.78 is 5.16. The van der Waals surface area contributed by atoms with Crippen molar-refractivity contribution in [2.45, 2.75) is 32.9 Å². The lowest BCUT2D eigenvalue weighted by Crippen LogP contribution is -2.42. The van der Waals surface area contributed by atoms with Gasteiger partial charge in [-0.15, -0.1) is 0 Å². The predicted molar refractivity (Wildman–Crippen MR) is 70.7 cm³/mol. The van der Waals surface area contributed by atoms with Gasteiger partial charge in [-0.2, -0.15) is 0 Å². The van der Waals surface area contributed by atoms with Crippen molar-refractivity contribution in [3.8, 4) is 5.75 Å². The number of ether oxygens (including phenoxy) is 1. The van der Waals surface area contributed by atoms with Crippen molar-refractivity contribution < 1.29 is 9.84 Å². The molecule has 0 amide bonds. The number of aliphatic hydroxyl groups excluding tert-OH is 1. The van der Waals surface area contributed by atoms with E-state index in [1.54, 1.807) is 7.11 Å². The Kier molecular flexibility index (Phi) is 4.80. The van der Waals surface area contributed by atoms with Crippen LogP contribution in [0.25, 0.3) is 0 Å². The van der Waals surface area contributed by atoms with Gasteiger partial charge in [0, 0.05) is 12.1 Å². The van der Waals surface area contributed by atoms with Crippen LogP contribution in [0.3, 0.4) is 0 Å². The Morgan fingerprint density at radius 1 is 1.41 bits per heavy atom. The minimum absolute atomic E-state index is 0.0932. The normalized spacial score (nSPS) is 11.6. The highest BCUT2D eigenvalue weighted by Crippen LogP contribution is 2.27. The van der Waals surface area contributed by atoms with Gasteiger partial charge in [0.2, 0.25) is 0 Å². The molecule has 1 aromatic rings. The lowest BCUT2D eigenvalue weighted by atomic mass is 10.0. The minimum atomic E-state index is -0.293. The molecule has 2 N–H and O–H groups in total. The fourth-order valence-corrected chi connectivity index (χ4v) is 1.70. The van der Waals surface area contributed by atoms with Crippen LogP contribution in [0.5, 0.6) is 5.75 Å². The Bertz CT molecular complexity index is 391. The second kappa shape index (κ2) is 5.71. The van der Waals surface area contributed by atoms with Gasteiger partial charge in [-0.1, -0.05) is 11.6 Å². The molecule has 0 saturated heterocycles. The van der Waals surface area contributed by atoms with Gasteiger partial charge >= 0.3 is 0 Å². The highest BCUT2D eigenvalue weighted by atomic mass is 35.5. The van der Waals surface area contributed by atoms with Gasteiger partial charge in [0.1, 0.15) is 5.75 Å². The molecule has 96 valence electrons. The lowest BCUT2D eigenvalue weighted by Gasteiger charge is -2.24. The molecule has 3 nitrogen and oxygen atoms in total. The summed E-state index contributed by atoms with van der Waals surface area (Å²) in [5, 5.41) is 13.1. The topological polar surface area (TPSA) is 41.5 Å². The molecule has 0 heterocycles. The van der Waals surface area contributed by atoms with Crippen molar-refractivity contribution in [3.63, 3.8) is 0 Å². The zero-order valence-electron chi connectivity index (χ0n) is 10.8. The van der Waals surface area contributed by atoms with Gasteiger partial charge in [0.05, 0.1) is 18.7 Å². The molecule has 0 aliphatic heterocycles. The molecule has 0 spiro atoms. The first-order valence-electron chi connectivity index (χ1n) is 5.58. The quantitative estimate of drug-likeness (QED) is 0.852. The molecule has 0 aliphatic carbocycles. The largest absolute Gasteiger partial charge is 0.495 e. The first-order chi connectivity index (χ1) is 7.89. The van der Waals surface area contributed by atoms with Crippen LogP contribution in [-0.4, -0.2) is 24.4 Å². The van der Waals surface area contributed by atoms with E-state index in [0.29, 0.717) is 17.3 Å². The van der Waals surface area contributed by atoms with Crippen LogP contribution in [0.4, 0.5) is 0 Å². The van der Waals surface area contributed by atoms with E-state index >= 15 is 0 Å². The Balaban J connectivity index is 2.82. The van der Waals surface area contributed by atoms with E-state index in [1.807, 2.05) is 32.9 Å². The summed E-state index contributed by atoms with van der Waals surface area (Å²) >= 11 is 6.08. The highest BCUT2D eigenvalue weighted by molar-refractivity contribution is 6.32. The molecular weight excluding hydrogens is 238 g/mol. The van der Waals surface area contributed by atoms with Gasteiger partial charge < -0.3 is 15.2 Å². The maximum absolute atomic E-state index is 9.17. The van der Waals surface area contributed by atoms with Gasteiger partial charge in [-0.05, 0) is 44.0 Å². The number of nitrogens with one attached hydrogen (secondary N) is 1. The number of halogens is 1. The van der Waals surface area contributed by atoms with Crippen LogP contribution in [0.2, 0.25) is 5.02 Å². The molecular formula is C13H20ClNO2. The average Bonchev–Trinajstić information content (AvgIpc) is 2.29. The van der Waals surface area contributed by atoms with E-state index < -0.39 is 0 Å². The number of aryl methyl sites for hydroxylation is 1. The Labute approximate surface area is 108 Å². The van der Waals surface area contributed by atoms with Crippen molar-refractivity contribution in [1.29, 1.82) is 0 Å². The van der Waals surface area contributed by atoms with Crippen molar-refractivity contribution in [1.82, 2.24) is 5.32 Å². The van der Waals surface area contributed by atoms with E-state index in [0.717, 1.165) is 11.1 Å². The molecule has 4 heteroatoms. The molecule has 0 radical (unpaired) electrons. The summed E-state index contributed by atoms with van der Waals surface area (Å²) in [5.41, 5.74) is 1.93. The summed E-state index contributed by atoms with van der Waals surface area (Å²) in [6.07, 6.45) is 0. The van der Waals surface area contributed by atoms with E-state index in [9.17, 15) is 0 Å². The monoisotopic (exact) mass is 257 g/mol. The molecule has 1 rings (SSSR count). The molecule has 0 fully saturated rings. The molecule has 0 aromatic heterocycles. The van der Waals surface area contributed by atoms with Gasteiger partial charge in [0.25, 0.3) is 0 Å². The number of methoxy groups -OCH3 is 1. The van der Waals surface area contributed by atoms with E-state index in [4.69, 9.17) is 21.4 Å². The smallest absolute Gasteiger partial charge is 0.137 e. The third-order valence-electron chi connectivity index (χ3n) is 2.76. The fourth-order valence-electron chi connectivity index (χ4n) is 1.43. The van der Waals surface area contributed by atoms with Crippen LogP contribution in [0.1, 0.15) is 25.0 Å². The molecule has 0 aliphatic rings. The Hall–Kier alpha value is -0.770. The minimum Gasteiger partial charge on any atom is -0.495 e. The van der Waals surface area contributed by atoms with Gasteiger partial charge in [0.15, 0.2) is 0 Å². The fraction of sp³-hybridized carbons (Fsp3) is 0.538. The number of hydrogen-bond acceptors (Lipinski definition) is 3. The first-order valence-corrected chi connectivity index (χ1v) is 5.96. The number of rotatable bonds is 5. The maximum atomic E-state index is 9.17. The Morgan fingerprint density at radius 2 is 2.06 bits per heavy atom. The maximum Gasteiger partial charge on any atom is 0.137 e. The lowest BCUT2D eigenvalue weighted by molar-refractivity contribution is 0.187. The Morgan fingerprint density at radius 3 is 2.59 bits per heavy atom. The van der Waals surface area contributed by atoms with Gasteiger partial charge in [-0.25, -0.2) is 0 Å². The van der Waals surface area contributed by atoms with Crippen LogP contribution in [0.15, 0.2) is 12.1 Å². The second-order valence-corrected chi connectivity index (χ2v) is 5.22. The molecule has 17 heavy (non-hydrogen) atoms. The predicted octanol–water partition coefficient (Wildman–Crippen LogP) is 2.52. The summed E-state index contributed by atoms with van der Waals surface area (Å²) in [6, 6.07) is 3.82. The van der Waals surface area contributed by atoms with Crippen LogP contribution < -0.4 is 10.1 Å². The zero-order valence-corrected chi connectivity index (χ0v) is 11.6. The third kappa shape index (κ3) is 3.87. The van der Waals surface area contributed by atoms with E-state index in [2.05, 4.69) is 5.32 Å². The van der Waals surface area contributed by atoms with E-state index in [-0.39, 0.29) is 12.1 Å². The van der Waals surface area contributed by atoms with E-state index in [1.165, 1.54) is 0 Å². The van der Waals surface area contributed by atoms with Crippen LogP contribution in [-0.2, 0) is 6.54 Å². The zero-order chi connectivity index (χ0) is 13.1. The summed E-state index contributed by atoms with van der Waals surface area (Å²) in [7, 11) is 1.60. The highest BCUT2D eigenvalue weighted by Gasteiger charge is 2.16. The number of hydrogen-bond donors (Lipinski definition) is 2. The average molecular weight is 258 g/mol. The molecule has 1 aromatic carbocycles. The second-order valence-electron chi connectivity index (χ2n) is 4.81. The summed E-state index contributed by atoms with van der Waals surface area (Å²) in [5.74, 6) is 0.689. The third-order valence-corrected chi connectivity index (χ3v) is 3.06. The van der Waals surface area contributed by atoms with Gasteiger partial charge in [-0.3, -0.25) is 0 Å². The molecule has 0 saturated carbocycles.